The van der Waals surface area contributed by atoms with Gasteiger partial charge in [0.15, 0.2) is 0 Å². The third-order valence-electron chi connectivity index (χ3n) is 4.56. The Balaban J connectivity index is 1.70. The van der Waals surface area contributed by atoms with E-state index in [1.807, 2.05) is 55.6 Å². The summed E-state index contributed by atoms with van der Waals surface area (Å²) in [5.41, 5.74) is 3.28. The number of benzene rings is 2. The average molecular weight is 362 g/mol. The van der Waals surface area contributed by atoms with Gasteiger partial charge in [0, 0.05) is 30.3 Å². The van der Waals surface area contributed by atoms with E-state index in [0.29, 0.717) is 16.0 Å². The van der Waals surface area contributed by atoms with Gasteiger partial charge in [-0.05, 0) is 18.6 Å². The van der Waals surface area contributed by atoms with Crippen molar-refractivity contribution in [1.29, 1.82) is 0 Å². The van der Waals surface area contributed by atoms with Crippen LogP contribution < -0.4 is 10.2 Å². The second kappa shape index (κ2) is 6.77. The number of rotatable bonds is 4. The lowest BCUT2D eigenvalue weighted by atomic mass is 10.1. The van der Waals surface area contributed by atoms with Crippen LogP contribution in [0.4, 0.5) is 10.7 Å². The number of ketones is 1. The van der Waals surface area contributed by atoms with Crippen LogP contribution in [-0.4, -0.2) is 25.3 Å². The molecule has 26 heavy (non-hydrogen) atoms. The molecule has 0 spiro atoms. The molecule has 0 aliphatic carbocycles. The summed E-state index contributed by atoms with van der Waals surface area (Å²) in [4.78, 5) is 28.3. The lowest BCUT2D eigenvalue weighted by Gasteiger charge is -2.12. The molecule has 1 aliphatic heterocycles. The molecule has 4 rings (SSSR count). The van der Waals surface area contributed by atoms with Gasteiger partial charge < -0.3 is 10.2 Å². The van der Waals surface area contributed by atoms with Crippen molar-refractivity contribution < 1.29 is 9.59 Å². The summed E-state index contributed by atoms with van der Waals surface area (Å²) in [6, 6.07) is 18.4. The quantitative estimate of drug-likeness (QED) is 0.707. The minimum absolute atomic E-state index is 0.000750. The SMILES string of the molecule is CN1CCc2c(NC(=O)c3ccccc3)sc(C(=O)c3ccccc3)c21. The van der Waals surface area contributed by atoms with Crippen LogP contribution in [0.15, 0.2) is 60.7 Å². The molecule has 130 valence electrons. The van der Waals surface area contributed by atoms with Gasteiger partial charge in [0.2, 0.25) is 5.78 Å². The van der Waals surface area contributed by atoms with Crippen LogP contribution in [0.3, 0.4) is 0 Å². The molecule has 0 fully saturated rings. The van der Waals surface area contributed by atoms with E-state index in [1.54, 1.807) is 12.1 Å². The Morgan fingerprint density at radius 3 is 2.23 bits per heavy atom. The van der Waals surface area contributed by atoms with Gasteiger partial charge in [-0.2, -0.15) is 0 Å². The molecule has 1 amide bonds. The minimum Gasteiger partial charge on any atom is -0.373 e. The first kappa shape index (κ1) is 16.5. The highest BCUT2D eigenvalue weighted by Gasteiger charge is 2.30. The largest absolute Gasteiger partial charge is 0.373 e. The van der Waals surface area contributed by atoms with Crippen LogP contribution in [0, 0.1) is 0 Å². The summed E-state index contributed by atoms with van der Waals surface area (Å²) in [6.07, 6.45) is 0.828. The molecule has 2 heterocycles. The van der Waals surface area contributed by atoms with Gasteiger partial charge in [-0.1, -0.05) is 48.5 Å². The number of hydrogen-bond acceptors (Lipinski definition) is 4. The molecule has 0 atom stereocenters. The normalized spacial score (nSPS) is 12.7. The van der Waals surface area contributed by atoms with Crippen LogP contribution in [0.25, 0.3) is 0 Å². The highest BCUT2D eigenvalue weighted by atomic mass is 32.1. The Morgan fingerprint density at radius 1 is 0.962 bits per heavy atom. The number of nitrogens with zero attached hydrogens (tertiary/aromatic N) is 1. The monoisotopic (exact) mass is 362 g/mol. The van der Waals surface area contributed by atoms with E-state index in [1.165, 1.54) is 11.3 Å². The van der Waals surface area contributed by atoms with E-state index in [0.717, 1.165) is 29.2 Å². The van der Waals surface area contributed by atoms with Crippen molar-refractivity contribution in [3.8, 4) is 0 Å². The van der Waals surface area contributed by atoms with Gasteiger partial charge in [-0.25, -0.2) is 0 Å². The number of carbonyl (C=O) groups excluding carboxylic acids is 2. The molecular weight excluding hydrogens is 344 g/mol. The van der Waals surface area contributed by atoms with Gasteiger partial charge in [0.05, 0.1) is 5.69 Å². The van der Waals surface area contributed by atoms with Gasteiger partial charge >= 0.3 is 0 Å². The predicted octanol–water partition coefficient (Wildman–Crippen LogP) is 4.22. The zero-order chi connectivity index (χ0) is 18.1. The molecule has 0 unspecified atom stereocenters. The molecule has 5 heteroatoms. The number of nitrogens with one attached hydrogen (secondary N) is 1. The van der Waals surface area contributed by atoms with Crippen LogP contribution in [0.2, 0.25) is 0 Å². The second-order valence-corrected chi connectivity index (χ2v) is 7.29. The molecule has 2 aromatic carbocycles. The van der Waals surface area contributed by atoms with Gasteiger partial charge in [-0.3, -0.25) is 9.59 Å². The molecule has 1 aliphatic rings. The standard InChI is InChI=1S/C21H18N2O2S/c1-23-13-12-16-17(23)19(18(24)14-8-4-2-5-9-14)26-21(16)22-20(25)15-10-6-3-7-11-15/h2-11H,12-13H2,1H3,(H,22,25). The van der Waals surface area contributed by atoms with E-state index in [2.05, 4.69) is 10.2 Å². The van der Waals surface area contributed by atoms with E-state index in [9.17, 15) is 9.59 Å². The first-order chi connectivity index (χ1) is 12.6. The third kappa shape index (κ3) is 2.91. The number of hydrogen-bond donors (Lipinski definition) is 1. The van der Waals surface area contributed by atoms with Crippen LogP contribution >= 0.6 is 11.3 Å². The zero-order valence-electron chi connectivity index (χ0n) is 14.4. The smallest absolute Gasteiger partial charge is 0.256 e. The Kier molecular flexibility index (Phi) is 4.31. The molecule has 0 saturated carbocycles. The maximum Gasteiger partial charge on any atom is 0.256 e. The van der Waals surface area contributed by atoms with E-state index < -0.39 is 0 Å². The van der Waals surface area contributed by atoms with E-state index in [4.69, 9.17) is 0 Å². The van der Waals surface area contributed by atoms with Crippen molar-refractivity contribution in [2.75, 3.05) is 23.8 Å². The number of carbonyl (C=O) groups is 2. The maximum absolute atomic E-state index is 13.0. The Morgan fingerprint density at radius 2 is 1.58 bits per heavy atom. The van der Waals surface area contributed by atoms with E-state index >= 15 is 0 Å². The molecule has 3 aromatic rings. The number of amides is 1. The number of likely N-dealkylation sites (N-methyl/N-ethyl adjacent to an activating group) is 1. The fourth-order valence-electron chi connectivity index (χ4n) is 3.22. The molecule has 4 nitrogen and oxygen atoms in total. The molecule has 1 aromatic heterocycles. The summed E-state index contributed by atoms with van der Waals surface area (Å²) < 4.78 is 0. The summed E-state index contributed by atoms with van der Waals surface area (Å²) in [5.74, 6) is -0.149. The summed E-state index contributed by atoms with van der Waals surface area (Å²) in [5, 5.41) is 3.78. The molecule has 1 N–H and O–H groups in total. The minimum atomic E-state index is -0.150. The number of anilines is 2. The predicted molar refractivity (Wildman–Crippen MR) is 106 cm³/mol. The molecule has 0 bridgehead atoms. The van der Waals surface area contributed by atoms with Crippen LogP contribution in [0.5, 0.6) is 0 Å². The molecule has 0 radical (unpaired) electrons. The Labute approximate surface area is 156 Å². The van der Waals surface area contributed by atoms with Crippen LogP contribution in [0.1, 0.15) is 31.2 Å². The fourth-order valence-corrected chi connectivity index (χ4v) is 4.48. The van der Waals surface area contributed by atoms with Gasteiger partial charge in [0.1, 0.15) is 9.88 Å². The summed E-state index contributed by atoms with van der Waals surface area (Å²) in [7, 11) is 1.99. The number of fused-ring (bicyclic) bond motifs is 1. The fraction of sp³-hybridized carbons (Fsp3) is 0.143. The van der Waals surface area contributed by atoms with Crippen molar-refractivity contribution >= 4 is 33.7 Å². The van der Waals surface area contributed by atoms with Crippen molar-refractivity contribution in [1.82, 2.24) is 0 Å². The molecule has 0 saturated heterocycles. The van der Waals surface area contributed by atoms with Gasteiger partial charge in [-0.15, -0.1) is 11.3 Å². The second-order valence-electron chi connectivity index (χ2n) is 6.27. The topological polar surface area (TPSA) is 49.4 Å². The van der Waals surface area contributed by atoms with E-state index in [-0.39, 0.29) is 11.7 Å². The highest BCUT2D eigenvalue weighted by molar-refractivity contribution is 7.19. The van der Waals surface area contributed by atoms with Crippen molar-refractivity contribution in [3.05, 3.63) is 82.2 Å². The highest BCUT2D eigenvalue weighted by Crippen LogP contribution is 2.44. The third-order valence-corrected chi connectivity index (χ3v) is 5.70. The molecular formula is C21H18N2O2S. The number of thiophene rings is 1. The summed E-state index contributed by atoms with van der Waals surface area (Å²) >= 11 is 1.37. The maximum atomic E-state index is 13.0. The lowest BCUT2D eigenvalue weighted by molar-refractivity contribution is 0.102. The zero-order valence-corrected chi connectivity index (χ0v) is 15.2. The van der Waals surface area contributed by atoms with Crippen LogP contribution in [-0.2, 0) is 6.42 Å². The summed E-state index contributed by atoms with van der Waals surface area (Å²) in [6.45, 7) is 0.849. The van der Waals surface area contributed by atoms with Gasteiger partial charge in [0.25, 0.3) is 5.91 Å². The first-order valence-electron chi connectivity index (χ1n) is 8.48. The van der Waals surface area contributed by atoms with Crippen molar-refractivity contribution in [3.63, 3.8) is 0 Å². The average Bonchev–Trinajstić information content (AvgIpc) is 3.24. The van der Waals surface area contributed by atoms with Crippen molar-refractivity contribution in [2.24, 2.45) is 0 Å². The Hall–Kier alpha value is -2.92. The lowest BCUT2D eigenvalue weighted by Crippen LogP contribution is -2.15. The first-order valence-corrected chi connectivity index (χ1v) is 9.29. The Bertz CT molecular complexity index is 964. The van der Waals surface area contributed by atoms with Crippen molar-refractivity contribution in [2.45, 2.75) is 6.42 Å².